The Morgan fingerprint density at radius 3 is 0.941 bits per heavy atom. The molecule has 1 aromatic carbocycles. The lowest BCUT2D eigenvalue weighted by molar-refractivity contribution is 1.50. The molecule has 17 heavy (non-hydrogen) atoms. The summed E-state index contributed by atoms with van der Waals surface area (Å²) in [5.74, 6) is 0. The van der Waals surface area contributed by atoms with Crippen LogP contribution in [0.5, 0.6) is 0 Å². The van der Waals surface area contributed by atoms with E-state index >= 15 is 0 Å². The summed E-state index contributed by atoms with van der Waals surface area (Å²) in [6.45, 7) is 17.4. The highest BCUT2D eigenvalue weighted by atomic mass is 13.6. The van der Waals surface area contributed by atoms with Crippen LogP contribution in [0.1, 0.15) is 48.5 Å². The minimum Gasteiger partial charge on any atom is -0.0991 e. The van der Waals surface area contributed by atoms with Gasteiger partial charge in [0.05, 0.1) is 0 Å². The van der Waals surface area contributed by atoms with Crippen LogP contribution in [0.15, 0.2) is 61.2 Å². The summed E-state index contributed by atoms with van der Waals surface area (Å²) in [5, 5.41) is 0. The lowest BCUT2D eigenvalue weighted by Gasteiger charge is -1.69. The first-order valence-corrected chi connectivity index (χ1v) is 6.65. The summed E-state index contributed by atoms with van der Waals surface area (Å²) >= 11 is 0. The second kappa shape index (κ2) is 46.5. The third kappa shape index (κ3) is 52.8. The molecule has 0 atom stereocenters. The first-order valence-electron chi connectivity index (χ1n) is 6.65. The van der Waals surface area contributed by atoms with Crippen molar-refractivity contribution in [2.75, 3.05) is 0 Å². The Bertz CT molecular complexity index is 158. The molecule has 0 spiro atoms. The molecule has 0 heteroatoms. The average Bonchev–Trinajstić information content (AvgIpc) is 2.49. The van der Waals surface area contributed by atoms with Crippen molar-refractivity contribution in [1.82, 2.24) is 0 Å². The molecule has 0 bridgehead atoms. The topological polar surface area (TPSA) is 0 Å². The van der Waals surface area contributed by atoms with Gasteiger partial charge in [-0.2, -0.15) is 0 Å². The van der Waals surface area contributed by atoms with Gasteiger partial charge in [-0.1, -0.05) is 103 Å². The van der Waals surface area contributed by atoms with E-state index in [2.05, 4.69) is 6.58 Å². The summed E-state index contributed by atoms with van der Waals surface area (Å²) in [7, 11) is 0. The smallest absolute Gasteiger partial charge is 0.0467 e. The van der Waals surface area contributed by atoms with Gasteiger partial charge in [0.15, 0.2) is 0 Å². The van der Waals surface area contributed by atoms with Gasteiger partial charge in [-0.15, -0.1) is 0 Å². The van der Waals surface area contributed by atoms with Crippen LogP contribution in [-0.4, -0.2) is 0 Å². The van der Waals surface area contributed by atoms with Crippen LogP contribution in [0.25, 0.3) is 0 Å². The SMILES string of the molecule is C=C/C=C\C.CC.CC.CC.c1ccccc1. The van der Waals surface area contributed by atoms with Crippen molar-refractivity contribution in [1.29, 1.82) is 0 Å². The van der Waals surface area contributed by atoms with E-state index in [4.69, 9.17) is 0 Å². The van der Waals surface area contributed by atoms with E-state index in [9.17, 15) is 0 Å². The van der Waals surface area contributed by atoms with Crippen LogP contribution >= 0.6 is 0 Å². The van der Waals surface area contributed by atoms with Gasteiger partial charge in [0.2, 0.25) is 0 Å². The van der Waals surface area contributed by atoms with Gasteiger partial charge in [-0.05, 0) is 6.92 Å². The largest absolute Gasteiger partial charge is 0.0991 e. The molecule has 0 radical (unpaired) electrons. The predicted molar refractivity (Wildman–Crippen MR) is 85.5 cm³/mol. The molecule has 0 unspecified atom stereocenters. The molecule has 0 aromatic heterocycles. The van der Waals surface area contributed by atoms with Gasteiger partial charge >= 0.3 is 0 Å². The molecule has 0 N–H and O–H groups in total. The number of hydrogen-bond donors (Lipinski definition) is 0. The number of benzene rings is 1. The zero-order valence-corrected chi connectivity index (χ0v) is 12.9. The number of rotatable bonds is 1. The zero-order chi connectivity index (χ0) is 14.4. The van der Waals surface area contributed by atoms with E-state index in [1.165, 1.54) is 0 Å². The fourth-order valence-corrected chi connectivity index (χ4v) is 0.521. The Morgan fingerprint density at radius 1 is 0.647 bits per heavy atom. The van der Waals surface area contributed by atoms with Crippen LogP contribution in [0.2, 0.25) is 0 Å². The van der Waals surface area contributed by atoms with E-state index in [0.29, 0.717) is 0 Å². The normalized spacial score (nSPS) is 6.53. The second-order valence-electron chi connectivity index (χ2n) is 1.92. The van der Waals surface area contributed by atoms with Crippen LogP contribution in [-0.2, 0) is 0 Å². The van der Waals surface area contributed by atoms with Crippen LogP contribution in [0.4, 0.5) is 0 Å². The van der Waals surface area contributed by atoms with E-state index in [0.717, 1.165) is 0 Å². The molecule has 0 saturated carbocycles. The fourth-order valence-electron chi connectivity index (χ4n) is 0.521. The van der Waals surface area contributed by atoms with Gasteiger partial charge in [0, 0.05) is 0 Å². The monoisotopic (exact) mass is 236 g/mol. The second-order valence-corrected chi connectivity index (χ2v) is 1.92. The van der Waals surface area contributed by atoms with Crippen molar-refractivity contribution in [3.8, 4) is 0 Å². The van der Waals surface area contributed by atoms with Crippen molar-refractivity contribution in [3.63, 3.8) is 0 Å². The van der Waals surface area contributed by atoms with Gasteiger partial charge < -0.3 is 0 Å². The first kappa shape index (κ1) is 24.8. The van der Waals surface area contributed by atoms with Crippen LogP contribution < -0.4 is 0 Å². The minimum atomic E-state index is 1.75. The van der Waals surface area contributed by atoms with E-state index in [1.54, 1.807) is 6.08 Å². The Balaban J connectivity index is -0.0000000701. The van der Waals surface area contributed by atoms with Gasteiger partial charge in [-0.3, -0.25) is 0 Å². The highest BCUT2D eigenvalue weighted by Crippen LogP contribution is 1.79. The predicted octanol–water partition coefficient (Wildman–Crippen LogP) is 6.51. The summed E-state index contributed by atoms with van der Waals surface area (Å²) in [5.41, 5.74) is 0. The summed E-state index contributed by atoms with van der Waals surface area (Å²) in [6.07, 6.45) is 5.58. The highest BCUT2D eigenvalue weighted by Gasteiger charge is 1.57. The number of hydrogen-bond acceptors (Lipinski definition) is 0. The van der Waals surface area contributed by atoms with Crippen molar-refractivity contribution in [3.05, 3.63) is 61.2 Å². The van der Waals surface area contributed by atoms with Crippen molar-refractivity contribution >= 4 is 0 Å². The van der Waals surface area contributed by atoms with E-state index in [-0.39, 0.29) is 0 Å². The Morgan fingerprint density at radius 2 is 0.882 bits per heavy atom. The standard InChI is InChI=1S/C6H6.C5H8.3C2H6/c1-2-4-6-5-3-1;1-3-5-4-2;3*1-2/h1-6H;3-5H,1H2,2H3;3*1-2H3/b;5-4-;;;. The molecule has 0 aliphatic rings. The third-order valence-electron chi connectivity index (χ3n) is 0.995. The first-order chi connectivity index (χ1) is 8.41. The lowest BCUT2D eigenvalue weighted by atomic mass is 10.4. The Labute approximate surface area is 110 Å². The van der Waals surface area contributed by atoms with Gasteiger partial charge in [-0.25, -0.2) is 0 Å². The Kier molecular flexibility index (Phi) is 67.8. The molecule has 100 valence electrons. The quantitative estimate of drug-likeness (QED) is 0.487. The number of allylic oxidation sites excluding steroid dienone is 3. The molecule has 0 aliphatic carbocycles. The lowest BCUT2D eigenvalue weighted by Crippen LogP contribution is -1.47. The Hall–Kier alpha value is -1.30. The van der Waals surface area contributed by atoms with Gasteiger partial charge in [0.25, 0.3) is 0 Å². The molecule has 0 heterocycles. The molecule has 1 rings (SSSR count). The minimum absolute atomic E-state index is 1.75. The molecule has 0 saturated heterocycles. The maximum Gasteiger partial charge on any atom is -0.0467 e. The van der Waals surface area contributed by atoms with E-state index < -0.39 is 0 Å². The summed E-state index contributed by atoms with van der Waals surface area (Å²) in [4.78, 5) is 0. The third-order valence-corrected chi connectivity index (χ3v) is 0.995. The summed E-state index contributed by atoms with van der Waals surface area (Å²) < 4.78 is 0. The van der Waals surface area contributed by atoms with Crippen molar-refractivity contribution in [2.24, 2.45) is 0 Å². The summed E-state index contributed by atoms with van der Waals surface area (Å²) in [6, 6.07) is 12.0. The highest BCUT2D eigenvalue weighted by molar-refractivity contribution is 4.99. The maximum absolute atomic E-state index is 3.46. The zero-order valence-electron chi connectivity index (χ0n) is 12.9. The molecule has 0 amide bonds. The van der Waals surface area contributed by atoms with E-state index in [1.807, 2.05) is 97.0 Å². The average molecular weight is 236 g/mol. The van der Waals surface area contributed by atoms with Crippen LogP contribution in [0, 0.1) is 0 Å². The molecule has 1 aromatic rings. The molecule has 0 fully saturated rings. The fraction of sp³-hybridized carbons (Fsp3) is 0.412. The van der Waals surface area contributed by atoms with Gasteiger partial charge in [0.1, 0.15) is 0 Å². The van der Waals surface area contributed by atoms with Crippen molar-refractivity contribution < 1.29 is 0 Å². The molecular weight excluding hydrogens is 204 g/mol. The molecule has 0 aliphatic heterocycles. The maximum atomic E-state index is 3.46. The van der Waals surface area contributed by atoms with Crippen LogP contribution in [0.3, 0.4) is 0 Å². The molecular formula is C17H32. The van der Waals surface area contributed by atoms with Crippen molar-refractivity contribution in [2.45, 2.75) is 48.5 Å². The molecule has 0 nitrogen and oxygen atoms in total.